The van der Waals surface area contributed by atoms with Gasteiger partial charge in [-0.2, -0.15) is 0 Å². The van der Waals surface area contributed by atoms with E-state index in [1.54, 1.807) is 0 Å². The lowest BCUT2D eigenvalue weighted by atomic mass is 10.0. The Kier molecular flexibility index (Phi) is 3.39. The fourth-order valence-electron chi connectivity index (χ4n) is 1.91. The largest absolute Gasteiger partial charge is 0.371 e. The molecule has 1 aliphatic rings. The second-order valence-corrected chi connectivity index (χ2v) is 4.49. The summed E-state index contributed by atoms with van der Waals surface area (Å²) in [5.41, 5.74) is 1.27. The van der Waals surface area contributed by atoms with E-state index in [0.29, 0.717) is 12.0 Å². The molecule has 1 saturated heterocycles. The van der Waals surface area contributed by atoms with Gasteiger partial charge in [0, 0.05) is 12.6 Å². The van der Waals surface area contributed by atoms with Gasteiger partial charge in [-0.1, -0.05) is 44.2 Å². The molecule has 2 heteroatoms. The van der Waals surface area contributed by atoms with Crippen molar-refractivity contribution in [1.82, 2.24) is 5.32 Å². The number of hydrogen-bond acceptors (Lipinski definition) is 2. The minimum atomic E-state index is 0.223. The molecule has 0 amide bonds. The normalized spacial score (nSPS) is 26.9. The van der Waals surface area contributed by atoms with Gasteiger partial charge in [0.1, 0.15) is 0 Å². The van der Waals surface area contributed by atoms with E-state index in [9.17, 15) is 0 Å². The molecular weight excluding hydrogens is 186 g/mol. The van der Waals surface area contributed by atoms with Crippen LogP contribution >= 0.6 is 0 Å². The van der Waals surface area contributed by atoms with Gasteiger partial charge in [0.25, 0.3) is 0 Å². The van der Waals surface area contributed by atoms with E-state index in [4.69, 9.17) is 4.74 Å². The summed E-state index contributed by atoms with van der Waals surface area (Å²) in [5.74, 6) is 0.640. The fraction of sp³-hybridized carbons (Fsp3) is 0.538. The number of benzene rings is 1. The van der Waals surface area contributed by atoms with Crippen molar-refractivity contribution in [3.63, 3.8) is 0 Å². The van der Waals surface area contributed by atoms with E-state index in [0.717, 1.165) is 13.2 Å². The number of hydrogen-bond donors (Lipinski definition) is 1. The van der Waals surface area contributed by atoms with Crippen LogP contribution in [-0.2, 0) is 4.74 Å². The number of morpholine rings is 1. The highest BCUT2D eigenvalue weighted by atomic mass is 16.5. The highest BCUT2D eigenvalue weighted by Gasteiger charge is 2.23. The standard InChI is InChI=1S/C13H19NO/c1-10(2)12-9-15-13(8-14-12)11-6-4-3-5-7-11/h3-7,10,12-14H,8-9H2,1-2H3. The quantitative estimate of drug-likeness (QED) is 0.800. The average Bonchev–Trinajstić information content (AvgIpc) is 2.30. The fourth-order valence-corrected chi connectivity index (χ4v) is 1.91. The van der Waals surface area contributed by atoms with Crippen LogP contribution in [0.15, 0.2) is 30.3 Å². The Bertz CT molecular complexity index is 289. The zero-order valence-corrected chi connectivity index (χ0v) is 9.44. The summed E-state index contributed by atoms with van der Waals surface area (Å²) in [4.78, 5) is 0. The van der Waals surface area contributed by atoms with E-state index >= 15 is 0 Å². The smallest absolute Gasteiger partial charge is 0.0950 e. The van der Waals surface area contributed by atoms with E-state index in [-0.39, 0.29) is 6.10 Å². The SMILES string of the molecule is CC(C)C1COC(c2ccccc2)CN1. The first-order valence-electron chi connectivity index (χ1n) is 5.67. The van der Waals surface area contributed by atoms with Crippen molar-refractivity contribution < 1.29 is 4.74 Å². The molecule has 2 unspecified atom stereocenters. The summed E-state index contributed by atoms with van der Waals surface area (Å²) in [6, 6.07) is 10.9. The maximum atomic E-state index is 5.88. The van der Waals surface area contributed by atoms with Crippen LogP contribution in [0.2, 0.25) is 0 Å². The van der Waals surface area contributed by atoms with Crippen LogP contribution in [0.4, 0.5) is 0 Å². The maximum absolute atomic E-state index is 5.88. The first kappa shape index (κ1) is 10.7. The Balaban J connectivity index is 1.94. The van der Waals surface area contributed by atoms with Crippen LogP contribution in [-0.4, -0.2) is 19.2 Å². The lowest BCUT2D eigenvalue weighted by Crippen LogP contribution is -2.45. The van der Waals surface area contributed by atoms with Crippen molar-refractivity contribution in [3.05, 3.63) is 35.9 Å². The number of rotatable bonds is 2. The Morgan fingerprint density at radius 2 is 2.00 bits per heavy atom. The van der Waals surface area contributed by atoms with Crippen molar-refractivity contribution in [2.45, 2.75) is 26.0 Å². The molecule has 0 bridgehead atoms. The van der Waals surface area contributed by atoms with Crippen molar-refractivity contribution in [2.75, 3.05) is 13.2 Å². The molecule has 15 heavy (non-hydrogen) atoms. The van der Waals surface area contributed by atoms with Gasteiger partial charge in [0.05, 0.1) is 12.7 Å². The third-order valence-electron chi connectivity index (χ3n) is 3.02. The molecule has 0 aliphatic carbocycles. The van der Waals surface area contributed by atoms with E-state index in [1.165, 1.54) is 5.56 Å². The van der Waals surface area contributed by atoms with Gasteiger partial charge in [0.15, 0.2) is 0 Å². The summed E-state index contributed by atoms with van der Waals surface area (Å²) >= 11 is 0. The molecule has 1 aromatic carbocycles. The molecule has 2 rings (SSSR count). The second-order valence-electron chi connectivity index (χ2n) is 4.49. The number of ether oxygens (including phenoxy) is 1. The van der Waals surface area contributed by atoms with Crippen molar-refractivity contribution in [2.24, 2.45) is 5.92 Å². The van der Waals surface area contributed by atoms with E-state index in [2.05, 4.69) is 43.4 Å². The van der Waals surface area contributed by atoms with Gasteiger partial charge in [-0.25, -0.2) is 0 Å². The van der Waals surface area contributed by atoms with Crippen molar-refractivity contribution >= 4 is 0 Å². The van der Waals surface area contributed by atoms with Crippen LogP contribution in [0.5, 0.6) is 0 Å². The molecule has 1 fully saturated rings. The summed E-state index contributed by atoms with van der Waals surface area (Å²) < 4.78 is 5.88. The Morgan fingerprint density at radius 3 is 2.53 bits per heavy atom. The van der Waals surface area contributed by atoms with Crippen LogP contribution < -0.4 is 5.32 Å². The molecular formula is C13H19NO. The topological polar surface area (TPSA) is 21.3 Å². The predicted octanol–water partition coefficient (Wildman–Crippen LogP) is 2.37. The molecule has 0 spiro atoms. The Morgan fingerprint density at radius 1 is 1.27 bits per heavy atom. The van der Waals surface area contributed by atoms with E-state index in [1.807, 2.05) is 6.07 Å². The highest BCUT2D eigenvalue weighted by molar-refractivity contribution is 5.18. The second kappa shape index (κ2) is 4.77. The zero-order valence-electron chi connectivity index (χ0n) is 9.44. The Labute approximate surface area is 91.6 Å². The zero-order chi connectivity index (χ0) is 10.7. The molecule has 0 saturated carbocycles. The van der Waals surface area contributed by atoms with Crippen LogP contribution in [0, 0.1) is 5.92 Å². The summed E-state index contributed by atoms with van der Waals surface area (Å²) in [6.07, 6.45) is 0.223. The van der Waals surface area contributed by atoms with Crippen LogP contribution in [0.1, 0.15) is 25.5 Å². The molecule has 0 aromatic heterocycles. The van der Waals surface area contributed by atoms with Crippen LogP contribution in [0.25, 0.3) is 0 Å². The molecule has 2 atom stereocenters. The van der Waals surface area contributed by atoms with Crippen LogP contribution in [0.3, 0.4) is 0 Å². The molecule has 0 radical (unpaired) electrons. The summed E-state index contributed by atoms with van der Waals surface area (Å²) in [7, 11) is 0. The minimum Gasteiger partial charge on any atom is -0.371 e. The monoisotopic (exact) mass is 205 g/mol. The predicted molar refractivity (Wildman–Crippen MR) is 61.8 cm³/mol. The van der Waals surface area contributed by atoms with Gasteiger partial charge < -0.3 is 10.1 Å². The number of nitrogens with one attached hydrogen (secondary N) is 1. The van der Waals surface area contributed by atoms with Gasteiger partial charge in [-0.3, -0.25) is 0 Å². The first-order chi connectivity index (χ1) is 7.27. The minimum absolute atomic E-state index is 0.223. The van der Waals surface area contributed by atoms with Crippen molar-refractivity contribution in [3.8, 4) is 0 Å². The molecule has 1 N–H and O–H groups in total. The Hall–Kier alpha value is -0.860. The van der Waals surface area contributed by atoms with E-state index < -0.39 is 0 Å². The highest BCUT2D eigenvalue weighted by Crippen LogP contribution is 2.21. The van der Waals surface area contributed by atoms with Gasteiger partial charge in [-0.15, -0.1) is 0 Å². The molecule has 1 aromatic rings. The lowest BCUT2D eigenvalue weighted by Gasteiger charge is -2.32. The molecule has 2 nitrogen and oxygen atoms in total. The molecule has 1 heterocycles. The van der Waals surface area contributed by atoms with Gasteiger partial charge in [0.2, 0.25) is 0 Å². The summed E-state index contributed by atoms with van der Waals surface area (Å²) in [5, 5.41) is 3.54. The average molecular weight is 205 g/mol. The van der Waals surface area contributed by atoms with Gasteiger partial charge >= 0.3 is 0 Å². The maximum Gasteiger partial charge on any atom is 0.0950 e. The summed E-state index contributed by atoms with van der Waals surface area (Å²) in [6.45, 7) is 6.19. The lowest BCUT2D eigenvalue weighted by molar-refractivity contribution is -0.00710. The van der Waals surface area contributed by atoms with Crippen molar-refractivity contribution in [1.29, 1.82) is 0 Å². The molecule has 82 valence electrons. The van der Waals surface area contributed by atoms with Gasteiger partial charge in [-0.05, 0) is 11.5 Å². The molecule has 1 aliphatic heterocycles. The third kappa shape index (κ3) is 2.58. The first-order valence-corrected chi connectivity index (χ1v) is 5.67. The third-order valence-corrected chi connectivity index (χ3v) is 3.02.